The number of thioether (sulfide) groups is 1. The predicted octanol–water partition coefficient (Wildman–Crippen LogP) is 6.95. The first-order chi connectivity index (χ1) is 18.9. The van der Waals surface area contributed by atoms with E-state index in [1.54, 1.807) is 48.5 Å². The molecule has 194 valence electrons. The first-order valence-electron chi connectivity index (χ1n) is 12.0. The number of nitrogens with zero attached hydrogens (tertiary/aromatic N) is 1. The maximum Gasteiger partial charge on any atom is 0.336 e. The lowest BCUT2D eigenvalue weighted by molar-refractivity contribution is -0.113. The molecule has 5 rings (SSSR count). The second kappa shape index (κ2) is 11.5. The normalized spacial score (nSPS) is 10.8. The third-order valence-corrected chi connectivity index (χ3v) is 7.81. The number of aromatic carboxylic acids is 1. The molecule has 1 aromatic heterocycles. The summed E-state index contributed by atoms with van der Waals surface area (Å²) in [6.45, 7) is 1.98. The summed E-state index contributed by atoms with van der Waals surface area (Å²) < 4.78 is 0. The Morgan fingerprint density at radius 2 is 1.59 bits per heavy atom. The smallest absolute Gasteiger partial charge is 0.336 e. The molecule has 0 aliphatic carbocycles. The van der Waals surface area contributed by atoms with Gasteiger partial charge in [-0.1, -0.05) is 60.7 Å². The zero-order valence-corrected chi connectivity index (χ0v) is 22.4. The summed E-state index contributed by atoms with van der Waals surface area (Å²) in [7, 11) is 0. The standard InChI is InChI=1S/C30H23N3O4S2/c1-18-27(20-8-3-2-4-9-20)33-30(39-18)32-25(34)17-38-22-13-7-12-21(16-22)31-28(35)23-14-5-10-19-11-6-15-24(26(19)23)29(36)37/h2-16H,17H2,1H3,(H,31,35)(H,36,37)(H,32,33,34). The molecule has 0 spiro atoms. The Kier molecular flexibility index (Phi) is 7.72. The molecule has 4 aromatic carbocycles. The van der Waals surface area contributed by atoms with Crippen molar-refractivity contribution in [1.82, 2.24) is 4.98 Å². The molecule has 0 unspecified atom stereocenters. The number of thiazole rings is 1. The molecular formula is C30H23N3O4S2. The van der Waals surface area contributed by atoms with E-state index in [1.807, 2.05) is 43.3 Å². The summed E-state index contributed by atoms with van der Waals surface area (Å²) >= 11 is 2.77. The second-order valence-corrected chi connectivity index (χ2v) is 10.9. The number of anilines is 2. The van der Waals surface area contributed by atoms with Crippen LogP contribution in [-0.2, 0) is 4.79 Å². The van der Waals surface area contributed by atoms with E-state index >= 15 is 0 Å². The van der Waals surface area contributed by atoms with Gasteiger partial charge in [0.05, 0.1) is 17.0 Å². The monoisotopic (exact) mass is 553 g/mol. The molecule has 0 saturated carbocycles. The molecule has 0 radical (unpaired) electrons. The van der Waals surface area contributed by atoms with E-state index in [9.17, 15) is 19.5 Å². The molecule has 0 bridgehead atoms. The van der Waals surface area contributed by atoms with Gasteiger partial charge in [-0.3, -0.25) is 9.59 Å². The number of carbonyl (C=O) groups excluding carboxylic acids is 2. The Morgan fingerprint density at radius 1 is 0.872 bits per heavy atom. The molecule has 9 heteroatoms. The van der Waals surface area contributed by atoms with E-state index in [-0.39, 0.29) is 22.8 Å². The quantitative estimate of drug-likeness (QED) is 0.179. The highest BCUT2D eigenvalue weighted by Crippen LogP contribution is 2.31. The van der Waals surface area contributed by atoms with Gasteiger partial charge in [-0.05, 0) is 42.6 Å². The van der Waals surface area contributed by atoms with Crippen molar-refractivity contribution in [2.24, 2.45) is 0 Å². The SMILES string of the molecule is Cc1sc(NC(=O)CSc2cccc(NC(=O)c3cccc4cccc(C(=O)O)c34)c2)nc1-c1ccccc1. The van der Waals surface area contributed by atoms with E-state index in [2.05, 4.69) is 15.6 Å². The average Bonchev–Trinajstić information content (AvgIpc) is 3.31. The lowest BCUT2D eigenvalue weighted by Gasteiger charge is -2.11. The Balaban J connectivity index is 1.24. The van der Waals surface area contributed by atoms with Crippen molar-refractivity contribution in [1.29, 1.82) is 0 Å². The van der Waals surface area contributed by atoms with Crippen molar-refractivity contribution in [3.05, 3.63) is 107 Å². The molecule has 0 fully saturated rings. The Bertz CT molecular complexity index is 1690. The number of hydrogen-bond acceptors (Lipinski definition) is 6. The van der Waals surface area contributed by atoms with Gasteiger partial charge in [0.2, 0.25) is 5.91 Å². The van der Waals surface area contributed by atoms with Gasteiger partial charge in [-0.2, -0.15) is 0 Å². The van der Waals surface area contributed by atoms with Crippen LogP contribution in [0.4, 0.5) is 10.8 Å². The lowest BCUT2D eigenvalue weighted by atomic mass is 9.98. The maximum absolute atomic E-state index is 13.1. The van der Waals surface area contributed by atoms with Crippen LogP contribution >= 0.6 is 23.1 Å². The van der Waals surface area contributed by atoms with Crippen LogP contribution in [0.5, 0.6) is 0 Å². The number of benzene rings is 4. The molecule has 2 amide bonds. The summed E-state index contributed by atoms with van der Waals surface area (Å²) in [5, 5.41) is 16.9. The zero-order valence-electron chi connectivity index (χ0n) is 20.8. The van der Waals surface area contributed by atoms with Crippen molar-refractivity contribution in [3.63, 3.8) is 0 Å². The Labute approximate surface area is 232 Å². The number of aryl methyl sites for hydroxylation is 1. The molecule has 0 aliphatic rings. The third-order valence-electron chi connectivity index (χ3n) is 5.93. The fraction of sp³-hybridized carbons (Fsp3) is 0.0667. The minimum Gasteiger partial charge on any atom is -0.478 e. The van der Waals surface area contributed by atoms with Crippen molar-refractivity contribution in [3.8, 4) is 11.3 Å². The van der Waals surface area contributed by atoms with Gasteiger partial charge < -0.3 is 15.7 Å². The molecule has 0 saturated heterocycles. The van der Waals surface area contributed by atoms with Gasteiger partial charge in [0.15, 0.2) is 5.13 Å². The Morgan fingerprint density at radius 3 is 2.33 bits per heavy atom. The van der Waals surface area contributed by atoms with Crippen LogP contribution in [0.25, 0.3) is 22.0 Å². The minimum atomic E-state index is -1.10. The molecule has 7 nitrogen and oxygen atoms in total. The molecule has 3 N–H and O–H groups in total. The number of carboxylic acids is 1. The highest BCUT2D eigenvalue weighted by Gasteiger charge is 2.17. The maximum atomic E-state index is 13.1. The molecule has 39 heavy (non-hydrogen) atoms. The van der Waals surface area contributed by atoms with E-state index < -0.39 is 11.9 Å². The first kappa shape index (κ1) is 26.1. The minimum absolute atomic E-state index is 0.0693. The van der Waals surface area contributed by atoms with Crippen LogP contribution in [0.2, 0.25) is 0 Å². The number of carboxylic acid groups (broad SMARTS) is 1. The van der Waals surface area contributed by atoms with Crippen molar-refractivity contribution >= 4 is 62.5 Å². The molecule has 0 atom stereocenters. The predicted molar refractivity (Wildman–Crippen MR) is 157 cm³/mol. The van der Waals surface area contributed by atoms with Crippen LogP contribution in [-0.4, -0.2) is 33.6 Å². The molecular weight excluding hydrogens is 530 g/mol. The highest BCUT2D eigenvalue weighted by atomic mass is 32.2. The third kappa shape index (κ3) is 6.00. The highest BCUT2D eigenvalue weighted by molar-refractivity contribution is 8.00. The van der Waals surface area contributed by atoms with Gasteiger partial charge in [0, 0.05) is 32.0 Å². The van der Waals surface area contributed by atoms with Crippen molar-refractivity contribution in [2.75, 3.05) is 16.4 Å². The summed E-state index contributed by atoms with van der Waals surface area (Å²) in [4.78, 5) is 43.9. The topological polar surface area (TPSA) is 108 Å². The van der Waals surface area contributed by atoms with Gasteiger partial charge >= 0.3 is 5.97 Å². The van der Waals surface area contributed by atoms with Gasteiger partial charge in [-0.15, -0.1) is 23.1 Å². The number of fused-ring (bicyclic) bond motifs is 1. The largest absolute Gasteiger partial charge is 0.478 e. The fourth-order valence-electron chi connectivity index (χ4n) is 4.19. The number of nitrogens with one attached hydrogen (secondary N) is 2. The van der Waals surface area contributed by atoms with Crippen LogP contribution in [0.15, 0.2) is 95.9 Å². The number of hydrogen-bond donors (Lipinski definition) is 3. The van der Waals surface area contributed by atoms with Crippen LogP contribution < -0.4 is 10.6 Å². The Hall–Kier alpha value is -4.47. The van der Waals surface area contributed by atoms with Gasteiger partial charge in [0.25, 0.3) is 5.91 Å². The van der Waals surface area contributed by atoms with E-state index in [4.69, 9.17) is 0 Å². The van der Waals surface area contributed by atoms with Crippen LogP contribution in [0, 0.1) is 6.92 Å². The zero-order chi connectivity index (χ0) is 27.4. The van der Waals surface area contributed by atoms with Crippen molar-refractivity contribution in [2.45, 2.75) is 11.8 Å². The van der Waals surface area contributed by atoms with Crippen LogP contribution in [0.3, 0.4) is 0 Å². The average molecular weight is 554 g/mol. The summed E-state index contributed by atoms with van der Waals surface area (Å²) in [6.07, 6.45) is 0. The lowest BCUT2D eigenvalue weighted by Crippen LogP contribution is -2.14. The van der Waals surface area contributed by atoms with Crippen LogP contribution in [0.1, 0.15) is 25.6 Å². The number of rotatable bonds is 8. The van der Waals surface area contributed by atoms with Crippen molar-refractivity contribution < 1.29 is 19.5 Å². The van der Waals surface area contributed by atoms with E-state index in [0.29, 0.717) is 21.6 Å². The summed E-state index contributed by atoms with van der Waals surface area (Å²) in [5.74, 6) is -1.52. The number of carbonyl (C=O) groups is 3. The number of amides is 2. The first-order valence-corrected chi connectivity index (χ1v) is 13.8. The molecule has 0 aliphatic heterocycles. The fourth-order valence-corrected chi connectivity index (χ4v) is 5.80. The number of aromatic nitrogens is 1. The molecule has 1 heterocycles. The van der Waals surface area contributed by atoms with E-state index in [1.165, 1.54) is 29.2 Å². The summed E-state index contributed by atoms with van der Waals surface area (Å²) in [6, 6.07) is 27.0. The van der Waals surface area contributed by atoms with Gasteiger partial charge in [0.1, 0.15) is 0 Å². The molecule has 5 aromatic rings. The van der Waals surface area contributed by atoms with E-state index in [0.717, 1.165) is 21.0 Å². The van der Waals surface area contributed by atoms with Gasteiger partial charge in [-0.25, -0.2) is 9.78 Å². The summed E-state index contributed by atoms with van der Waals surface area (Å²) in [5.41, 5.74) is 2.74. The second-order valence-electron chi connectivity index (χ2n) is 8.62.